The lowest BCUT2D eigenvalue weighted by molar-refractivity contribution is 0.457. The number of halogens is 1. The summed E-state index contributed by atoms with van der Waals surface area (Å²) in [5.41, 5.74) is 0.570. The fourth-order valence-corrected chi connectivity index (χ4v) is 0.873. The molecule has 2 heterocycles. The van der Waals surface area contributed by atoms with Gasteiger partial charge in [-0.1, -0.05) is 0 Å². The van der Waals surface area contributed by atoms with Crippen LogP contribution in [0, 0.1) is 0 Å². The van der Waals surface area contributed by atoms with Gasteiger partial charge in [-0.05, 0) is 12.1 Å². The second-order valence-corrected chi connectivity index (χ2v) is 2.04. The van der Waals surface area contributed by atoms with Crippen molar-refractivity contribution in [2.24, 2.45) is 0 Å². The maximum Gasteiger partial charge on any atom is 0.185 e. The van der Waals surface area contributed by atoms with Gasteiger partial charge >= 0.3 is 0 Å². The molecule has 0 spiro atoms. The molecule has 56 valence electrons. The quantitative estimate of drug-likeness (QED) is 0.600. The Kier molecular flexibility index (Phi) is 1.28. The van der Waals surface area contributed by atoms with Gasteiger partial charge in [-0.2, -0.15) is 9.61 Å². The Bertz CT molecular complexity index is 369. The number of hydrogen-bond acceptors (Lipinski definition) is 3. The number of nitrogens with zero attached hydrogens (tertiary/aromatic N) is 4. The van der Waals surface area contributed by atoms with Gasteiger partial charge in [0.2, 0.25) is 0 Å². The third-order valence-corrected chi connectivity index (χ3v) is 1.36. The van der Waals surface area contributed by atoms with Crippen molar-refractivity contribution in [1.29, 1.82) is 0 Å². The van der Waals surface area contributed by atoms with Crippen molar-refractivity contribution >= 4 is 5.65 Å². The van der Waals surface area contributed by atoms with Crippen LogP contribution >= 0.6 is 0 Å². The number of alkyl halides is 1. The van der Waals surface area contributed by atoms with Crippen molar-refractivity contribution in [2.45, 2.75) is 6.67 Å². The first-order chi connectivity index (χ1) is 5.42. The largest absolute Gasteiger partial charge is 0.242 e. The standard InChI is InChI=1S/C6H5FN4/c7-4-6-10-9-5-2-1-3-8-11(5)6/h1-3H,4H2. The van der Waals surface area contributed by atoms with E-state index < -0.39 is 6.67 Å². The molecule has 5 heteroatoms. The normalized spacial score (nSPS) is 10.6. The van der Waals surface area contributed by atoms with E-state index in [0.29, 0.717) is 5.65 Å². The van der Waals surface area contributed by atoms with E-state index in [1.165, 1.54) is 4.52 Å². The summed E-state index contributed by atoms with van der Waals surface area (Å²) in [6.45, 7) is -0.641. The van der Waals surface area contributed by atoms with Crippen LogP contribution < -0.4 is 0 Å². The van der Waals surface area contributed by atoms with E-state index in [0.717, 1.165) is 0 Å². The number of aromatic nitrogens is 4. The molecule has 4 nitrogen and oxygen atoms in total. The Balaban J connectivity index is 2.76. The summed E-state index contributed by atoms with van der Waals surface area (Å²) < 4.78 is 13.5. The lowest BCUT2D eigenvalue weighted by Crippen LogP contribution is -1.94. The van der Waals surface area contributed by atoms with Gasteiger partial charge < -0.3 is 0 Å². The zero-order valence-corrected chi connectivity index (χ0v) is 5.61. The van der Waals surface area contributed by atoms with Crippen LogP contribution in [-0.2, 0) is 6.67 Å². The number of hydrogen-bond donors (Lipinski definition) is 0. The van der Waals surface area contributed by atoms with Crippen LogP contribution in [0.5, 0.6) is 0 Å². The second kappa shape index (κ2) is 2.26. The van der Waals surface area contributed by atoms with E-state index in [-0.39, 0.29) is 5.82 Å². The van der Waals surface area contributed by atoms with Gasteiger partial charge in [0.05, 0.1) is 0 Å². The minimum Gasteiger partial charge on any atom is -0.242 e. The first kappa shape index (κ1) is 6.21. The Hall–Kier alpha value is -1.52. The minimum atomic E-state index is -0.641. The molecule has 0 aliphatic rings. The lowest BCUT2D eigenvalue weighted by atomic mass is 10.5. The van der Waals surface area contributed by atoms with Gasteiger partial charge in [-0.15, -0.1) is 10.2 Å². The van der Waals surface area contributed by atoms with Crippen LogP contribution in [0.2, 0.25) is 0 Å². The molecule has 0 fully saturated rings. The highest BCUT2D eigenvalue weighted by Gasteiger charge is 2.02. The van der Waals surface area contributed by atoms with E-state index >= 15 is 0 Å². The minimum absolute atomic E-state index is 0.237. The highest BCUT2D eigenvalue weighted by molar-refractivity contribution is 5.34. The van der Waals surface area contributed by atoms with Gasteiger partial charge in [0, 0.05) is 6.20 Å². The van der Waals surface area contributed by atoms with Crippen LogP contribution in [-0.4, -0.2) is 19.8 Å². The topological polar surface area (TPSA) is 43.1 Å². The Labute approximate surface area is 61.7 Å². The average molecular weight is 152 g/mol. The van der Waals surface area contributed by atoms with Crippen molar-refractivity contribution < 1.29 is 4.39 Å². The summed E-state index contributed by atoms with van der Waals surface area (Å²) >= 11 is 0. The molecule has 0 saturated carbocycles. The molecule has 0 aliphatic heterocycles. The molecule has 0 aromatic carbocycles. The fourth-order valence-electron chi connectivity index (χ4n) is 0.873. The molecule has 2 aromatic heterocycles. The van der Waals surface area contributed by atoms with E-state index in [4.69, 9.17) is 0 Å². The first-order valence-corrected chi connectivity index (χ1v) is 3.13. The van der Waals surface area contributed by atoms with Crippen LogP contribution in [0.4, 0.5) is 4.39 Å². The summed E-state index contributed by atoms with van der Waals surface area (Å²) in [4.78, 5) is 0. The third-order valence-electron chi connectivity index (χ3n) is 1.36. The highest BCUT2D eigenvalue weighted by Crippen LogP contribution is 2.00. The zero-order chi connectivity index (χ0) is 7.68. The molecule has 0 unspecified atom stereocenters. The molecule has 0 aliphatic carbocycles. The average Bonchev–Trinajstić information content (AvgIpc) is 2.47. The van der Waals surface area contributed by atoms with Gasteiger partial charge in [0.15, 0.2) is 18.1 Å². The molecule has 0 bridgehead atoms. The van der Waals surface area contributed by atoms with E-state index in [1.807, 2.05) is 0 Å². The second-order valence-electron chi connectivity index (χ2n) is 2.04. The van der Waals surface area contributed by atoms with Crippen molar-refractivity contribution in [3.63, 3.8) is 0 Å². The number of rotatable bonds is 1. The predicted molar refractivity (Wildman–Crippen MR) is 35.6 cm³/mol. The van der Waals surface area contributed by atoms with Crippen molar-refractivity contribution in [3.05, 3.63) is 24.2 Å². The Morgan fingerprint density at radius 3 is 3.18 bits per heavy atom. The molecular formula is C6H5FN4. The Morgan fingerprint density at radius 1 is 1.45 bits per heavy atom. The molecule has 2 aromatic rings. The monoisotopic (exact) mass is 152 g/mol. The molecule has 0 saturated heterocycles. The van der Waals surface area contributed by atoms with Crippen molar-refractivity contribution in [3.8, 4) is 0 Å². The molecule has 11 heavy (non-hydrogen) atoms. The highest BCUT2D eigenvalue weighted by atomic mass is 19.1. The van der Waals surface area contributed by atoms with Crippen molar-refractivity contribution in [1.82, 2.24) is 19.8 Å². The van der Waals surface area contributed by atoms with Gasteiger partial charge in [-0.25, -0.2) is 4.39 Å². The molecule has 0 atom stereocenters. The zero-order valence-electron chi connectivity index (χ0n) is 5.61. The van der Waals surface area contributed by atoms with Gasteiger partial charge in [-0.3, -0.25) is 0 Å². The maximum atomic E-state index is 12.1. The molecular weight excluding hydrogens is 147 g/mol. The van der Waals surface area contributed by atoms with E-state index in [9.17, 15) is 4.39 Å². The van der Waals surface area contributed by atoms with Crippen LogP contribution in [0.3, 0.4) is 0 Å². The fraction of sp³-hybridized carbons (Fsp3) is 0.167. The van der Waals surface area contributed by atoms with Crippen LogP contribution in [0.1, 0.15) is 5.82 Å². The molecule has 0 N–H and O–H groups in total. The summed E-state index contributed by atoms with van der Waals surface area (Å²) in [6, 6.07) is 3.45. The molecule has 2 rings (SSSR count). The van der Waals surface area contributed by atoms with E-state index in [1.54, 1.807) is 18.3 Å². The summed E-state index contributed by atoms with van der Waals surface area (Å²) in [5, 5.41) is 11.2. The van der Waals surface area contributed by atoms with Crippen LogP contribution in [0.15, 0.2) is 18.3 Å². The number of fused-ring (bicyclic) bond motifs is 1. The summed E-state index contributed by atoms with van der Waals surface area (Å²) in [5.74, 6) is 0.237. The third kappa shape index (κ3) is 0.849. The van der Waals surface area contributed by atoms with E-state index in [2.05, 4.69) is 15.3 Å². The molecule has 0 amide bonds. The SMILES string of the molecule is FCc1nnc2cccnn12. The van der Waals surface area contributed by atoms with Crippen molar-refractivity contribution in [2.75, 3.05) is 0 Å². The predicted octanol–water partition coefficient (Wildman–Crippen LogP) is 0.594. The van der Waals surface area contributed by atoms with Gasteiger partial charge in [0.25, 0.3) is 0 Å². The van der Waals surface area contributed by atoms with Gasteiger partial charge in [0.1, 0.15) is 0 Å². The smallest absolute Gasteiger partial charge is 0.185 e. The summed E-state index contributed by atoms with van der Waals surface area (Å²) in [7, 11) is 0. The lowest BCUT2D eigenvalue weighted by Gasteiger charge is -1.89. The molecule has 0 radical (unpaired) electrons. The first-order valence-electron chi connectivity index (χ1n) is 3.13. The maximum absolute atomic E-state index is 12.1. The van der Waals surface area contributed by atoms with Crippen LogP contribution in [0.25, 0.3) is 5.65 Å². The Morgan fingerprint density at radius 2 is 2.36 bits per heavy atom. The summed E-state index contributed by atoms with van der Waals surface area (Å²) in [6.07, 6.45) is 1.56.